The minimum atomic E-state index is -0.578. The average molecular weight is 453 g/mol. The summed E-state index contributed by atoms with van der Waals surface area (Å²) in [5.41, 5.74) is 3.28. The smallest absolute Gasteiger partial charge is 0.271 e. The van der Waals surface area contributed by atoms with Crippen molar-refractivity contribution in [1.29, 1.82) is 0 Å². The van der Waals surface area contributed by atoms with Gasteiger partial charge in [-0.05, 0) is 48.4 Å². The highest BCUT2D eigenvalue weighted by Gasteiger charge is 2.32. The zero-order chi connectivity index (χ0) is 22.8. The zero-order valence-electron chi connectivity index (χ0n) is 17.8. The number of hydrogen-bond acceptors (Lipinski definition) is 5. The predicted molar refractivity (Wildman–Crippen MR) is 130 cm³/mol. The molecule has 5 rings (SSSR count). The van der Waals surface area contributed by atoms with Crippen LogP contribution in [0.5, 0.6) is 0 Å². The number of fused-ring (bicyclic) bond motifs is 1. The first-order chi connectivity index (χ1) is 16.1. The maximum Gasteiger partial charge on any atom is 0.271 e. The summed E-state index contributed by atoms with van der Waals surface area (Å²) in [6.45, 7) is 1.82. The summed E-state index contributed by atoms with van der Waals surface area (Å²) in [7, 11) is 0. The van der Waals surface area contributed by atoms with E-state index in [1.54, 1.807) is 17.0 Å². The summed E-state index contributed by atoms with van der Waals surface area (Å²) in [4.78, 5) is 36.2. The molecule has 0 saturated heterocycles. The van der Waals surface area contributed by atoms with Crippen molar-refractivity contribution in [2.45, 2.75) is 13.0 Å². The highest BCUT2D eigenvalue weighted by atomic mass is 32.1. The van der Waals surface area contributed by atoms with Gasteiger partial charge in [0.2, 0.25) is 0 Å². The van der Waals surface area contributed by atoms with Crippen LogP contribution in [-0.4, -0.2) is 15.5 Å². The standard InChI is InChI=1S/C26H20N4O2S/c1-17-22(24(31)29-20-10-6-3-7-11-20)23(19-8-4-2-5-9-19)30-25(32)21(33-26(30)28-17)16-18-12-14-27-15-13-18/h2-16,23H,1H3,(H,29,31)/b21-16-/t23-/m0/s1. The molecule has 2 aromatic carbocycles. The third-order valence-corrected chi connectivity index (χ3v) is 6.40. The molecule has 7 heteroatoms. The molecule has 0 spiro atoms. The number of hydrogen-bond donors (Lipinski definition) is 1. The Morgan fingerprint density at radius 2 is 1.67 bits per heavy atom. The monoisotopic (exact) mass is 452 g/mol. The Morgan fingerprint density at radius 1 is 1.00 bits per heavy atom. The molecule has 1 atom stereocenters. The Bertz CT molecular complexity index is 1520. The van der Waals surface area contributed by atoms with Crippen LogP contribution in [0, 0.1) is 0 Å². The van der Waals surface area contributed by atoms with E-state index in [9.17, 15) is 9.59 Å². The molecular formula is C26H20N4O2S. The molecule has 0 fully saturated rings. The highest BCUT2D eigenvalue weighted by Crippen LogP contribution is 2.30. The summed E-state index contributed by atoms with van der Waals surface area (Å²) < 4.78 is 2.18. The Balaban J connectivity index is 1.67. The number of pyridine rings is 1. The third-order valence-electron chi connectivity index (χ3n) is 5.42. The van der Waals surface area contributed by atoms with Gasteiger partial charge in [0, 0.05) is 18.1 Å². The highest BCUT2D eigenvalue weighted by molar-refractivity contribution is 7.07. The molecule has 1 aliphatic heterocycles. The largest absolute Gasteiger partial charge is 0.322 e. The first kappa shape index (κ1) is 20.8. The second kappa shape index (κ2) is 8.80. The lowest BCUT2D eigenvalue weighted by molar-refractivity contribution is -0.113. The Morgan fingerprint density at radius 3 is 2.36 bits per heavy atom. The fourth-order valence-corrected chi connectivity index (χ4v) is 4.94. The topological polar surface area (TPSA) is 76.3 Å². The van der Waals surface area contributed by atoms with E-state index in [1.807, 2.05) is 85.8 Å². The number of carbonyl (C=O) groups excluding carboxylic acids is 1. The quantitative estimate of drug-likeness (QED) is 0.516. The molecule has 3 heterocycles. The maximum absolute atomic E-state index is 13.5. The summed E-state index contributed by atoms with van der Waals surface area (Å²) in [6, 6.07) is 22.0. The second-order valence-electron chi connectivity index (χ2n) is 7.59. The van der Waals surface area contributed by atoms with E-state index in [-0.39, 0.29) is 11.5 Å². The van der Waals surface area contributed by atoms with Gasteiger partial charge < -0.3 is 5.32 Å². The molecular weight excluding hydrogens is 432 g/mol. The van der Waals surface area contributed by atoms with E-state index in [4.69, 9.17) is 0 Å². The fraction of sp³-hybridized carbons (Fsp3) is 0.0769. The van der Waals surface area contributed by atoms with Crippen LogP contribution in [0.1, 0.15) is 24.1 Å². The molecule has 0 saturated carbocycles. The van der Waals surface area contributed by atoms with Crippen molar-refractivity contribution in [3.05, 3.63) is 127 Å². The van der Waals surface area contributed by atoms with Crippen molar-refractivity contribution in [1.82, 2.24) is 9.55 Å². The number of carbonyl (C=O) groups is 1. The van der Waals surface area contributed by atoms with E-state index in [2.05, 4.69) is 15.3 Å². The number of benzene rings is 2. The van der Waals surface area contributed by atoms with Crippen molar-refractivity contribution < 1.29 is 4.79 Å². The van der Waals surface area contributed by atoms with Crippen molar-refractivity contribution >= 4 is 29.0 Å². The number of thiazole rings is 1. The normalized spacial score (nSPS) is 15.7. The maximum atomic E-state index is 13.5. The van der Waals surface area contributed by atoms with Crippen LogP contribution >= 0.6 is 11.3 Å². The lowest BCUT2D eigenvalue weighted by Gasteiger charge is -2.25. The van der Waals surface area contributed by atoms with Crippen molar-refractivity contribution in [2.75, 3.05) is 5.32 Å². The third kappa shape index (κ3) is 4.06. The Labute approximate surface area is 193 Å². The molecule has 33 heavy (non-hydrogen) atoms. The zero-order valence-corrected chi connectivity index (χ0v) is 18.6. The number of amides is 1. The molecule has 1 aliphatic rings. The number of nitrogens with zero attached hydrogens (tertiary/aromatic N) is 3. The van der Waals surface area contributed by atoms with Crippen LogP contribution in [0.4, 0.5) is 5.69 Å². The summed E-state index contributed by atoms with van der Waals surface area (Å²) >= 11 is 1.32. The van der Waals surface area contributed by atoms with Gasteiger partial charge in [-0.3, -0.25) is 19.1 Å². The molecule has 1 N–H and O–H groups in total. The van der Waals surface area contributed by atoms with Gasteiger partial charge >= 0.3 is 0 Å². The predicted octanol–water partition coefficient (Wildman–Crippen LogP) is 3.27. The molecule has 1 amide bonds. The second-order valence-corrected chi connectivity index (χ2v) is 8.60. The van der Waals surface area contributed by atoms with Gasteiger partial charge in [0.15, 0.2) is 4.80 Å². The fourth-order valence-electron chi connectivity index (χ4n) is 3.89. The summed E-state index contributed by atoms with van der Waals surface area (Å²) in [6.07, 6.45) is 5.20. The number of anilines is 1. The summed E-state index contributed by atoms with van der Waals surface area (Å²) in [5, 5.41) is 2.96. The number of nitrogens with one attached hydrogen (secondary N) is 1. The van der Waals surface area contributed by atoms with Crippen LogP contribution in [0.2, 0.25) is 0 Å². The molecule has 162 valence electrons. The van der Waals surface area contributed by atoms with E-state index in [0.29, 0.717) is 26.3 Å². The van der Waals surface area contributed by atoms with E-state index < -0.39 is 6.04 Å². The molecule has 0 radical (unpaired) electrons. The van der Waals surface area contributed by atoms with Crippen molar-refractivity contribution in [3.8, 4) is 0 Å². The van der Waals surface area contributed by atoms with Crippen LogP contribution < -0.4 is 20.2 Å². The van der Waals surface area contributed by atoms with E-state index in [1.165, 1.54) is 11.3 Å². The lowest BCUT2D eigenvalue weighted by Crippen LogP contribution is -2.40. The first-order valence-electron chi connectivity index (χ1n) is 10.5. The number of allylic oxidation sites excluding steroid dienone is 1. The molecule has 0 aliphatic carbocycles. The minimum absolute atomic E-state index is 0.179. The molecule has 0 unspecified atom stereocenters. The number of rotatable bonds is 4. The van der Waals surface area contributed by atoms with Crippen LogP contribution in [0.25, 0.3) is 6.08 Å². The number of aromatic nitrogens is 2. The van der Waals surface area contributed by atoms with Gasteiger partial charge in [0.1, 0.15) is 0 Å². The van der Waals surface area contributed by atoms with Crippen LogP contribution in [0.3, 0.4) is 0 Å². The molecule has 4 aromatic rings. The van der Waals surface area contributed by atoms with Gasteiger partial charge in [0.25, 0.3) is 11.5 Å². The van der Waals surface area contributed by atoms with Crippen molar-refractivity contribution in [2.24, 2.45) is 4.99 Å². The van der Waals surface area contributed by atoms with Gasteiger partial charge in [-0.2, -0.15) is 0 Å². The minimum Gasteiger partial charge on any atom is -0.322 e. The molecule has 0 bridgehead atoms. The molecule has 6 nitrogen and oxygen atoms in total. The van der Waals surface area contributed by atoms with Gasteiger partial charge in [-0.15, -0.1) is 0 Å². The number of para-hydroxylation sites is 1. The van der Waals surface area contributed by atoms with Crippen molar-refractivity contribution in [3.63, 3.8) is 0 Å². The lowest BCUT2D eigenvalue weighted by atomic mass is 9.95. The van der Waals surface area contributed by atoms with Crippen LogP contribution in [-0.2, 0) is 4.79 Å². The average Bonchev–Trinajstić information content (AvgIpc) is 3.14. The van der Waals surface area contributed by atoms with Gasteiger partial charge in [0.05, 0.1) is 21.8 Å². The first-order valence-corrected chi connectivity index (χ1v) is 11.3. The van der Waals surface area contributed by atoms with Gasteiger partial charge in [-0.1, -0.05) is 59.9 Å². The van der Waals surface area contributed by atoms with Crippen LogP contribution in [0.15, 0.2) is 106 Å². The van der Waals surface area contributed by atoms with Gasteiger partial charge in [-0.25, -0.2) is 4.99 Å². The van der Waals surface area contributed by atoms with E-state index >= 15 is 0 Å². The Kier molecular flexibility index (Phi) is 5.54. The van der Waals surface area contributed by atoms with E-state index in [0.717, 1.165) is 11.1 Å². The molecule has 2 aromatic heterocycles. The summed E-state index contributed by atoms with van der Waals surface area (Å²) in [5.74, 6) is -0.278. The Hall–Kier alpha value is -4.10. The SMILES string of the molecule is CC1=C(C(=O)Nc2ccccc2)[C@H](c2ccccc2)n2c(s/c(=C\c3ccncc3)c2=O)=N1.